The summed E-state index contributed by atoms with van der Waals surface area (Å²) in [6.45, 7) is 3.70. The largest absolute Gasteiger partial charge is 0.484 e. The number of ether oxygens (including phenoxy) is 1. The van der Waals surface area contributed by atoms with Crippen LogP contribution in [-0.2, 0) is 4.79 Å². The Hall–Kier alpha value is -2.24. The van der Waals surface area contributed by atoms with Crippen molar-refractivity contribution in [3.8, 4) is 5.75 Å². The number of aromatic nitrogens is 2. The molecule has 7 heteroatoms. The highest BCUT2D eigenvalue weighted by molar-refractivity contribution is 6.32. The van der Waals surface area contributed by atoms with E-state index in [9.17, 15) is 4.79 Å². The molecule has 5 nitrogen and oxygen atoms in total. The van der Waals surface area contributed by atoms with Gasteiger partial charge >= 0.3 is 0 Å². The van der Waals surface area contributed by atoms with E-state index in [1.165, 1.54) is 0 Å². The van der Waals surface area contributed by atoms with E-state index < -0.39 is 0 Å². The van der Waals surface area contributed by atoms with Crippen LogP contribution in [0.3, 0.4) is 0 Å². The average Bonchev–Trinajstić information content (AvgIpc) is 2.89. The zero-order valence-electron chi connectivity index (χ0n) is 13.1. The number of aryl methyl sites for hydroxylation is 2. The van der Waals surface area contributed by atoms with Gasteiger partial charge in [-0.25, -0.2) is 4.98 Å². The smallest absolute Gasteiger partial charge is 0.262 e. The first kappa shape index (κ1) is 16.6. The molecule has 0 atom stereocenters. The third-order valence-corrected chi connectivity index (χ3v) is 4.29. The SMILES string of the molecule is Cc1cc(OCC(=O)Nc2ccc3nc(Cl)[nH]c3c2)cc(C)c1Cl. The highest BCUT2D eigenvalue weighted by Gasteiger charge is 2.08. The Morgan fingerprint density at radius 1 is 1.21 bits per heavy atom. The van der Waals surface area contributed by atoms with Crippen LogP contribution in [0.25, 0.3) is 11.0 Å². The van der Waals surface area contributed by atoms with Gasteiger partial charge in [-0.3, -0.25) is 4.79 Å². The van der Waals surface area contributed by atoms with Gasteiger partial charge in [0.15, 0.2) is 6.61 Å². The van der Waals surface area contributed by atoms with Gasteiger partial charge in [0.1, 0.15) is 5.75 Å². The van der Waals surface area contributed by atoms with E-state index in [0.717, 1.165) is 22.2 Å². The number of fused-ring (bicyclic) bond motifs is 1. The van der Waals surface area contributed by atoms with E-state index in [4.69, 9.17) is 27.9 Å². The summed E-state index contributed by atoms with van der Waals surface area (Å²) in [6.07, 6.45) is 0. The van der Waals surface area contributed by atoms with Crippen LogP contribution in [0.1, 0.15) is 11.1 Å². The molecule has 24 heavy (non-hydrogen) atoms. The fourth-order valence-corrected chi connectivity index (χ4v) is 2.69. The van der Waals surface area contributed by atoms with Crippen LogP contribution in [0, 0.1) is 13.8 Å². The molecule has 0 saturated heterocycles. The lowest BCUT2D eigenvalue weighted by molar-refractivity contribution is -0.118. The van der Waals surface area contributed by atoms with Crippen LogP contribution in [0.2, 0.25) is 10.3 Å². The molecule has 0 aliphatic heterocycles. The maximum Gasteiger partial charge on any atom is 0.262 e. The quantitative estimate of drug-likeness (QED) is 0.716. The van der Waals surface area contributed by atoms with Crippen LogP contribution >= 0.6 is 23.2 Å². The Bertz CT molecular complexity index is 898. The molecule has 3 aromatic rings. The fourth-order valence-electron chi connectivity index (χ4n) is 2.39. The zero-order valence-corrected chi connectivity index (χ0v) is 14.6. The predicted octanol–water partition coefficient (Wildman–Crippen LogP) is 4.50. The number of H-pyrrole nitrogens is 1. The van der Waals surface area contributed by atoms with Gasteiger partial charge in [0.05, 0.1) is 11.0 Å². The number of benzene rings is 2. The van der Waals surface area contributed by atoms with E-state index in [2.05, 4.69) is 15.3 Å². The second-order valence-corrected chi connectivity index (χ2v) is 6.20. The molecule has 0 bridgehead atoms. The molecule has 0 spiro atoms. The van der Waals surface area contributed by atoms with E-state index in [1.54, 1.807) is 30.3 Å². The number of carbonyl (C=O) groups is 1. The van der Waals surface area contributed by atoms with Crippen molar-refractivity contribution in [3.05, 3.63) is 51.8 Å². The molecule has 0 saturated carbocycles. The van der Waals surface area contributed by atoms with E-state index in [-0.39, 0.29) is 12.5 Å². The number of halogens is 2. The number of carbonyl (C=O) groups excluding carboxylic acids is 1. The normalized spacial score (nSPS) is 10.8. The van der Waals surface area contributed by atoms with Crippen LogP contribution in [0.5, 0.6) is 5.75 Å². The summed E-state index contributed by atoms with van der Waals surface area (Å²) in [5.41, 5.74) is 3.95. The summed E-state index contributed by atoms with van der Waals surface area (Å²) in [4.78, 5) is 19.1. The molecule has 1 aromatic heterocycles. The minimum atomic E-state index is -0.259. The lowest BCUT2D eigenvalue weighted by Gasteiger charge is -2.10. The number of anilines is 1. The van der Waals surface area contributed by atoms with Crippen LogP contribution in [0.15, 0.2) is 30.3 Å². The monoisotopic (exact) mass is 363 g/mol. The molecule has 0 aliphatic carbocycles. The second-order valence-electron chi connectivity index (χ2n) is 5.47. The first-order valence-corrected chi connectivity index (χ1v) is 8.02. The molecule has 2 N–H and O–H groups in total. The number of hydrogen-bond donors (Lipinski definition) is 2. The van der Waals surface area contributed by atoms with Crippen LogP contribution < -0.4 is 10.1 Å². The first-order valence-electron chi connectivity index (χ1n) is 7.27. The van der Waals surface area contributed by atoms with Gasteiger partial charge < -0.3 is 15.0 Å². The van der Waals surface area contributed by atoms with Gasteiger partial charge in [0, 0.05) is 10.7 Å². The van der Waals surface area contributed by atoms with E-state index in [0.29, 0.717) is 21.7 Å². The van der Waals surface area contributed by atoms with Crippen molar-refractivity contribution in [3.63, 3.8) is 0 Å². The predicted molar refractivity (Wildman–Crippen MR) is 96.2 cm³/mol. The Morgan fingerprint density at radius 2 is 1.92 bits per heavy atom. The number of rotatable bonds is 4. The molecular formula is C17H15Cl2N3O2. The Kier molecular flexibility index (Phi) is 4.64. The highest BCUT2D eigenvalue weighted by Crippen LogP contribution is 2.26. The van der Waals surface area contributed by atoms with Crippen molar-refractivity contribution in [1.82, 2.24) is 9.97 Å². The molecule has 124 valence electrons. The van der Waals surface area contributed by atoms with Crippen molar-refractivity contribution in [1.29, 1.82) is 0 Å². The summed E-state index contributed by atoms with van der Waals surface area (Å²) < 4.78 is 5.54. The molecule has 0 unspecified atom stereocenters. The van der Waals surface area contributed by atoms with Crippen molar-refractivity contribution >= 4 is 45.8 Å². The maximum absolute atomic E-state index is 12.0. The molecule has 1 heterocycles. The van der Waals surface area contributed by atoms with Crippen LogP contribution in [0.4, 0.5) is 5.69 Å². The molecule has 3 rings (SSSR count). The van der Waals surface area contributed by atoms with Crippen molar-refractivity contribution in [2.75, 3.05) is 11.9 Å². The number of imidazole rings is 1. The summed E-state index contributed by atoms with van der Waals surface area (Å²) in [6, 6.07) is 8.92. The van der Waals surface area contributed by atoms with Crippen LogP contribution in [-0.4, -0.2) is 22.5 Å². The molecular weight excluding hydrogens is 349 g/mol. The number of nitrogens with zero attached hydrogens (tertiary/aromatic N) is 1. The standard InChI is InChI=1S/C17H15Cl2N3O2/c1-9-5-12(6-10(2)16(9)18)24-8-15(23)20-11-3-4-13-14(7-11)22-17(19)21-13/h3-7H,8H2,1-2H3,(H,20,23)(H,21,22). The second kappa shape index (κ2) is 6.71. The Morgan fingerprint density at radius 3 is 2.62 bits per heavy atom. The molecule has 0 aliphatic rings. The fraction of sp³-hybridized carbons (Fsp3) is 0.176. The Labute approximate surface area is 148 Å². The van der Waals surface area contributed by atoms with Crippen molar-refractivity contribution in [2.45, 2.75) is 13.8 Å². The lowest BCUT2D eigenvalue weighted by Crippen LogP contribution is -2.20. The summed E-state index contributed by atoms with van der Waals surface area (Å²) in [5.74, 6) is 0.352. The third kappa shape index (κ3) is 3.63. The Balaban J connectivity index is 1.64. The minimum absolute atomic E-state index is 0.0950. The zero-order chi connectivity index (χ0) is 17.3. The van der Waals surface area contributed by atoms with E-state index in [1.807, 2.05) is 13.8 Å². The number of aromatic amines is 1. The van der Waals surface area contributed by atoms with Gasteiger partial charge in [0.25, 0.3) is 5.91 Å². The van der Waals surface area contributed by atoms with Crippen molar-refractivity contribution in [2.24, 2.45) is 0 Å². The van der Waals surface area contributed by atoms with Gasteiger partial charge in [-0.1, -0.05) is 11.6 Å². The topological polar surface area (TPSA) is 67.0 Å². The summed E-state index contributed by atoms with van der Waals surface area (Å²) in [5, 5.41) is 3.79. The number of nitrogens with one attached hydrogen (secondary N) is 2. The first-order chi connectivity index (χ1) is 11.4. The number of amides is 1. The summed E-state index contributed by atoms with van der Waals surface area (Å²) in [7, 11) is 0. The number of hydrogen-bond acceptors (Lipinski definition) is 3. The minimum Gasteiger partial charge on any atom is -0.484 e. The molecule has 0 radical (unpaired) electrons. The van der Waals surface area contributed by atoms with E-state index >= 15 is 0 Å². The summed E-state index contributed by atoms with van der Waals surface area (Å²) >= 11 is 11.9. The van der Waals surface area contributed by atoms with Crippen molar-refractivity contribution < 1.29 is 9.53 Å². The average molecular weight is 364 g/mol. The molecule has 0 fully saturated rings. The van der Waals surface area contributed by atoms with Gasteiger partial charge in [0.2, 0.25) is 5.28 Å². The van der Waals surface area contributed by atoms with Gasteiger partial charge in [-0.05, 0) is 66.9 Å². The highest BCUT2D eigenvalue weighted by atomic mass is 35.5. The van der Waals surface area contributed by atoms with Gasteiger partial charge in [-0.2, -0.15) is 0 Å². The lowest BCUT2D eigenvalue weighted by atomic mass is 10.1. The maximum atomic E-state index is 12.0. The molecule has 1 amide bonds. The van der Waals surface area contributed by atoms with Gasteiger partial charge in [-0.15, -0.1) is 0 Å². The molecule has 2 aromatic carbocycles. The third-order valence-electron chi connectivity index (χ3n) is 3.52.